The van der Waals surface area contributed by atoms with Crippen molar-refractivity contribution in [3.8, 4) is 23.3 Å². The first-order chi connectivity index (χ1) is 15.2. The number of rotatable bonds is 3. The summed E-state index contributed by atoms with van der Waals surface area (Å²) in [6, 6.07) is 9.62. The Balaban J connectivity index is 1.52. The standard InChI is InChI=1S/C21H13Cl2N5O4/c1-9-7-21(9)12-6-11(2-3-15(12)25-19(21)30)32-17-13(22)4-10(5-14(17)23)28-20(31)26-18(29)16(8-24)27-28/h2-6,9H,7H2,1H3,(H,25,30)(H,26,29,31). The van der Waals surface area contributed by atoms with Gasteiger partial charge in [0.2, 0.25) is 11.6 Å². The fourth-order valence-electron chi connectivity index (χ4n) is 4.07. The van der Waals surface area contributed by atoms with Crippen LogP contribution in [0.4, 0.5) is 5.69 Å². The summed E-state index contributed by atoms with van der Waals surface area (Å²) in [6.07, 6.45) is 0.775. The topological polar surface area (TPSA) is 130 Å². The second-order valence-corrected chi connectivity index (χ2v) is 8.52. The zero-order chi connectivity index (χ0) is 22.8. The van der Waals surface area contributed by atoms with E-state index in [4.69, 9.17) is 33.2 Å². The van der Waals surface area contributed by atoms with Gasteiger partial charge in [0.15, 0.2) is 5.75 Å². The number of aromatic amines is 1. The second-order valence-electron chi connectivity index (χ2n) is 7.71. The van der Waals surface area contributed by atoms with Gasteiger partial charge in [0.25, 0.3) is 5.56 Å². The van der Waals surface area contributed by atoms with Crippen molar-refractivity contribution in [2.24, 2.45) is 5.92 Å². The molecule has 32 heavy (non-hydrogen) atoms. The molecular weight excluding hydrogens is 457 g/mol. The fourth-order valence-corrected chi connectivity index (χ4v) is 4.62. The average Bonchev–Trinajstić information content (AvgIpc) is 3.35. The van der Waals surface area contributed by atoms with Crippen LogP contribution in [0.3, 0.4) is 0 Å². The van der Waals surface area contributed by atoms with E-state index in [1.54, 1.807) is 24.3 Å². The molecule has 3 aromatic rings. The second kappa shape index (κ2) is 6.95. The Kier molecular flexibility index (Phi) is 4.41. The predicted octanol–water partition coefficient (Wildman–Crippen LogP) is 3.12. The van der Waals surface area contributed by atoms with Gasteiger partial charge in [-0.25, -0.2) is 4.79 Å². The van der Waals surface area contributed by atoms with Gasteiger partial charge in [-0.2, -0.15) is 9.94 Å². The Morgan fingerprint density at radius 2 is 1.91 bits per heavy atom. The van der Waals surface area contributed by atoms with Gasteiger partial charge < -0.3 is 10.1 Å². The van der Waals surface area contributed by atoms with Gasteiger partial charge in [0.1, 0.15) is 11.8 Å². The monoisotopic (exact) mass is 469 g/mol. The first-order valence-corrected chi connectivity index (χ1v) is 10.3. The lowest BCUT2D eigenvalue weighted by atomic mass is 9.95. The summed E-state index contributed by atoms with van der Waals surface area (Å²) in [4.78, 5) is 38.1. The number of hydrogen-bond donors (Lipinski definition) is 2. The summed E-state index contributed by atoms with van der Waals surface area (Å²) < 4.78 is 6.73. The number of nitriles is 1. The summed E-state index contributed by atoms with van der Waals surface area (Å²) >= 11 is 12.7. The molecule has 2 heterocycles. The maximum atomic E-state index is 12.4. The molecule has 160 valence electrons. The van der Waals surface area contributed by atoms with Crippen molar-refractivity contribution < 1.29 is 9.53 Å². The number of amides is 1. The molecule has 1 spiro atoms. The van der Waals surface area contributed by atoms with Gasteiger partial charge in [-0.05, 0) is 48.2 Å². The third-order valence-electron chi connectivity index (χ3n) is 5.82. The largest absolute Gasteiger partial charge is 0.454 e. The van der Waals surface area contributed by atoms with E-state index in [9.17, 15) is 14.4 Å². The quantitative estimate of drug-likeness (QED) is 0.605. The van der Waals surface area contributed by atoms with Crippen LogP contribution in [0, 0.1) is 17.2 Å². The molecule has 1 aromatic heterocycles. The van der Waals surface area contributed by atoms with E-state index in [-0.39, 0.29) is 33.3 Å². The number of fused-ring (bicyclic) bond motifs is 2. The lowest BCUT2D eigenvalue weighted by molar-refractivity contribution is -0.118. The van der Waals surface area contributed by atoms with Crippen LogP contribution in [0.1, 0.15) is 24.6 Å². The number of carbonyl (C=O) groups excluding carboxylic acids is 1. The molecule has 1 amide bonds. The molecular formula is C21H13Cl2N5O4. The normalized spacial score (nSPS) is 20.6. The van der Waals surface area contributed by atoms with Gasteiger partial charge in [-0.1, -0.05) is 30.1 Å². The molecule has 2 unspecified atom stereocenters. The number of anilines is 1. The van der Waals surface area contributed by atoms with Gasteiger partial charge in [0.05, 0.1) is 21.1 Å². The highest BCUT2D eigenvalue weighted by Crippen LogP contribution is 2.60. The molecule has 2 aromatic carbocycles. The van der Waals surface area contributed by atoms with Gasteiger partial charge >= 0.3 is 5.69 Å². The Morgan fingerprint density at radius 3 is 2.53 bits per heavy atom. The number of carbonyl (C=O) groups is 1. The molecule has 1 fully saturated rings. The molecule has 5 rings (SSSR count). The van der Waals surface area contributed by atoms with Crippen molar-refractivity contribution in [3.05, 3.63) is 72.5 Å². The van der Waals surface area contributed by atoms with Gasteiger partial charge in [0, 0.05) is 5.69 Å². The third-order valence-corrected chi connectivity index (χ3v) is 6.38. The van der Waals surface area contributed by atoms with Crippen LogP contribution in [-0.4, -0.2) is 20.7 Å². The Bertz CT molecular complexity index is 1470. The van der Waals surface area contributed by atoms with E-state index in [1.165, 1.54) is 12.1 Å². The van der Waals surface area contributed by atoms with Gasteiger partial charge in [-0.15, -0.1) is 5.10 Å². The highest BCUT2D eigenvalue weighted by atomic mass is 35.5. The molecule has 2 aliphatic rings. The highest BCUT2D eigenvalue weighted by Gasteiger charge is 2.62. The van der Waals surface area contributed by atoms with E-state index in [0.717, 1.165) is 22.4 Å². The van der Waals surface area contributed by atoms with Crippen LogP contribution in [0.15, 0.2) is 39.9 Å². The Hall–Kier alpha value is -3.61. The summed E-state index contributed by atoms with van der Waals surface area (Å²) in [7, 11) is 0. The molecule has 0 bridgehead atoms. The predicted molar refractivity (Wildman–Crippen MR) is 116 cm³/mol. The Labute approximate surface area is 190 Å². The third kappa shape index (κ3) is 2.92. The van der Waals surface area contributed by atoms with E-state index in [0.29, 0.717) is 5.75 Å². The molecule has 11 heteroatoms. The zero-order valence-electron chi connectivity index (χ0n) is 16.4. The summed E-state index contributed by atoms with van der Waals surface area (Å²) in [6.45, 7) is 2.03. The lowest BCUT2D eigenvalue weighted by Gasteiger charge is -2.14. The maximum absolute atomic E-state index is 12.4. The maximum Gasteiger partial charge on any atom is 0.349 e. The SMILES string of the molecule is CC1CC12C(=O)Nc1ccc(Oc3c(Cl)cc(-n4nc(C#N)c(=O)[nH]c4=O)cc3Cl)cc12. The number of halogens is 2. The summed E-state index contributed by atoms with van der Waals surface area (Å²) in [5.41, 5.74) is -0.962. The molecule has 0 saturated heterocycles. The van der Waals surface area contributed by atoms with Crippen molar-refractivity contribution in [1.82, 2.24) is 14.8 Å². The van der Waals surface area contributed by atoms with Crippen molar-refractivity contribution >= 4 is 34.8 Å². The van der Waals surface area contributed by atoms with Crippen LogP contribution in [-0.2, 0) is 10.2 Å². The van der Waals surface area contributed by atoms with Crippen molar-refractivity contribution in [2.75, 3.05) is 5.32 Å². The minimum atomic E-state index is -0.891. The Morgan fingerprint density at radius 1 is 1.22 bits per heavy atom. The molecule has 1 saturated carbocycles. The molecule has 9 nitrogen and oxygen atoms in total. The van der Waals surface area contributed by atoms with Crippen molar-refractivity contribution in [3.63, 3.8) is 0 Å². The first kappa shape index (κ1) is 20.3. The van der Waals surface area contributed by atoms with Gasteiger partial charge in [-0.3, -0.25) is 14.6 Å². The first-order valence-electron chi connectivity index (χ1n) is 9.51. The number of hydrogen-bond acceptors (Lipinski definition) is 6. The highest BCUT2D eigenvalue weighted by molar-refractivity contribution is 6.37. The molecule has 2 N–H and O–H groups in total. The molecule has 2 atom stereocenters. The molecule has 0 radical (unpaired) electrons. The van der Waals surface area contributed by atoms with Crippen LogP contribution < -0.4 is 21.3 Å². The van der Waals surface area contributed by atoms with E-state index in [1.807, 2.05) is 11.9 Å². The van der Waals surface area contributed by atoms with Crippen LogP contribution in [0.25, 0.3) is 5.69 Å². The van der Waals surface area contributed by atoms with Crippen LogP contribution >= 0.6 is 23.2 Å². The zero-order valence-corrected chi connectivity index (χ0v) is 17.9. The molecule has 1 aliphatic carbocycles. The van der Waals surface area contributed by atoms with E-state index < -0.39 is 22.4 Å². The van der Waals surface area contributed by atoms with Crippen molar-refractivity contribution in [2.45, 2.75) is 18.8 Å². The summed E-state index contributed by atoms with van der Waals surface area (Å²) in [5, 5.41) is 15.8. The molecule has 1 aliphatic heterocycles. The minimum Gasteiger partial charge on any atom is -0.454 e. The smallest absolute Gasteiger partial charge is 0.349 e. The lowest BCUT2D eigenvalue weighted by Crippen LogP contribution is -2.33. The van der Waals surface area contributed by atoms with Crippen molar-refractivity contribution in [1.29, 1.82) is 5.26 Å². The van der Waals surface area contributed by atoms with E-state index in [2.05, 4.69) is 10.4 Å². The number of H-pyrrole nitrogens is 1. The number of nitrogens with zero attached hydrogens (tertiary/aromatic N) is 3. The summed E-state index contributed by atoms with van der Waals surface area (Å²) in [5.74, 6) is 0.826. The number of ether oxygens (including phenoxy) is 1. The number of benzene rings is 2. The van der Waals surface area contributed by atoms with Crippen LogP contribution in [0.2, 0.25) is 10.0 Å². The minimum absolute atomic E-state index is 0.00634. The number of aromatic nitrogens is 3. The number of nitrogens with one attached hydrogen (secondary N) is 2. The average molecular weight is 470 g/mol. The van der Waals surface area contributed by atoms with E-state index >= 15 is 0 Å². The van der Waals surface area contributed by atoms with Crippen LogP contribution in [0.5, 0.6) is 11.5 Å². The fraction of sp³-hybridized carbons (Fsp3) is 0.190.